The molecule has 0 radical (unpaired) electrons. The van der Waals surface area contributed by atoms with E-state index in [0.717, 1.165) is 23.2 Å². The van der Waals surface area contributed by atoms with Crippen molar-refractivity contribution in [3.05, 3.63) is 46.4 Å². The van der Waals surface area contributed by atoms with Gasteiger partial charge in [0.1, 0.15) is 0 Å². The molecule has 3 heterocycles. The van der Waals surface area contributed by atoms with E-state index < -0.39 is 0 Å². The summed E-state index contributed by atoms with van der Waals surface area (Å²) in [7, 11) is 1.55. The van der Waals surface area contributed by atoms with Crippen LogP contribution in [0.5, 0.6) is 5.75 Å². The summed E-state index contributed by atoms with van der Waals surface area (Å²) in [6.45, 7) is 5.32. The maximum atomic E-state index is 12.9. The first-order valence-electron chi connectivity index (χ1n) is 8.55. The van der Waals surface area contributed by atoms with E-state index in [1.807, 2.05) is 23.4 Å². The fourth-order valence-corrected chi connectivity index (χ4v) is 3.86. The highest BCUT2D eigenvalue weighted by Gasteiger charge is 2.31. The van der Waals surface area contributed by atoms with Crippen molar-refractivity contribution >= 4 is 28.5 Å². The molecule has 26 heavy (non-hydrogen) atoms. The fraction of sp³-hybridized carbons (Fsp3) is 0.368. The van der Waals surface area contributed by atoms with Gasteiger partial charge in [0, 0.05) is 35.3 Å². The van der Waals surface area contributed by atoms with Crippen molar-refractivity contribution in [3.8, 4) is 5.75 Å². The van der Waals surface area contributed by atoms with E-state index in [1.54, 1.807) is 25.3 Å². The maximum Gasteiger partial charge on any atom is 0.289 e. The highest BCUT2D eigenvalue weighted by Crippen LogP contribution is 2.33. The smallest absolute Gasteiger partial charge is 0.289 e. The topological polar surface area (TPSA) is 60.5 Å². The molecule has 6 nitrogen and oxygen atoms in total. The van der Waals surface area contributed by atoms with Crippen LogP contribution < -0.4 is 4.74 Å². The summed E-state index contributed by atoms with van der Waals surface area (Å²) < 4.78 is 13.1. The summed E-state index contributed by atoms with van der Waals surface area (Å²) in [5.41, 5.74) is 2.65. The molecule has 136 valence electrons. The molecule has 1 fully saturated rings. The van der Waals surface area contributed by atoms with Crippen LogP contribution in [0.2, 0.25) is 5.02 Å². The van der Waals surface area contributed by atoms with E-state index in [9.17, 15) is 4.79 Å². The molecule has 4 rings (SSSR count). The van der Waals surface area contributed by atoms with Crippen molar-refractivity contribution in [3.63, 3.8) is 0 Å². The molecule has 0 N–H and O–H groups in total. The van der Waals surface area contributed by atoms with Crippen LogP contribution in [0.1, 0.15) is 34.4 Å². The zero-order chi connectivity index (χ0) is 18.4. The SMILES string of the molecule is COc1cc(Cl)cc2cc(C(=O)N3CC[C@H](n4nc(C)cc4C)C3)oc12. The van der Waals surface area contributed by atoms with Crippen molar-refractivity contribution in [1.82, 2.24) is 14.7 Å². The number of hydrogen-bond donors (Lipinski definition) is 0. The van der Waals surface area contributed by atoms with E-state index in [4.69, 9.17) is 20.8 Å². The van der Waals surface area contributed by atoms with Crippen LogP contribution >= 0.6 is 11.6 Å². The van der Waals surface area contributed by atoms with Crippen molar-refractivity contribution < 1.29 is 13.9 Å². The van der Waals surface area contributed by atoms with Gasteiger partial charge in [-0.15, -0.1) is 0 Å². The zero-order valence-corrected chi connectivity index (χ0v) is 15.7. The quantitative estimate of drug-likeness (QED) is 0.696. The molecule has 1 aromatic carbocycles. The standard InChI is InChI=1S/C19H20ClN3O3/c1-11-6-12(2)23(21-11)15-4-5-22(10-15)19(24)17-8-13-7-14(20)9-16(25-3)18(13)26-17/h6-9,15H,4-5,10H2,1-3H3/t15-/m0/s1. The number of ether oxygens (including phenoxy) is 1. The monoisotopic (exact) mass is 373 g/mol. The Morgan fingerprint density at radius 3 is 2.81 bits per heavy atom. The number of benzene rings is 1. The van der Waals surface area contributed by atoms with Gasteiger partial charge in [-0.1, -0.05) is 11.6 Å². The molecular formula is C19H20ClN3O3. The Hall–Kier alpha value is -2.47. The maximum absolute atomic E-state index is 12.9. The minimum absolute atomic E-state index is 0.122. The molecular weight excluding hydrogens is 354 g/mol. The lowest BCUT2D eigenvalue weighted by Gasteiger charge is -2.16. The first-order valence-corrected chi connectivity index (χ1v) is 8.93. The van der Waals surface area contributed by atoms with Gasteiger partial charge in [-0.25, -0.2) is 0 Å². The summed E-state index contributed by atoms with van der Waals surface area (Å²) in [5, 5.41) is 5.85. The van der Waals surface area contributed by atoms with Crippen LogP contribution in [-0.2, 0) is 0 Å². The highest BCUT2D eigenvalue weighted by molar-refractivity contribution is 6.31. The Morgan fingerprint density at radius 1 is 1.31 bits per heavy atom. The largest absolute Gasteiger partial charge is 0.493 e. The molecule has 1 atom stereocenters. The number of methoxy groups -OCH3 is 1. The van der Waals surface area contributed by atoms with Crippen molar-refractivity contribution in [2.75, 3.05) is 20.2 Å². The van der Waals surface area contributed by atoms with Crippen LogP contribution in [0.15, 0.2) is 28.7 Å². The van der Waals surface area contributed by atoms with Gasteiger partial charge in [-0.2, -0.15) is 5.10 Å². The molecule has 0 spiro atoms. The lowest BCUT2D eigenvalue weighted by molar-refractivity contribution is 0.0757. The number of likely N-dealkylation sites (tertiary alicyclic amines) is 1. The van der Waals surface area contributed by atoms with Gasteiger partial charge in [0.2, 0.25) is 0 Å². The molecule has 1 aliphatic rings. The fourth-order valence-electron chi connectivity index (χ4n) is 3.64. The lowest BCUT2D eigenvalue weighted by Crippen LogP contribution is -2.29. The Bertz CT molecular complexity index is 991. The molecule has 0 unspecified atom stereocenters. The summed E-state index contributed by atoms with van der Waals surface area (Å²) in [6.07, 6.45) is 0.878. The number of aryl methyl sites for hydroxylation is 2. The number of amides is 1. The number of carbonyl (C=O) groups is 1. The number of hydrogen-bond acceptors (Lipinski definition) is 4. The molecule has 7 heteroatoms. The summed E-state index contributed by atoms with van der Waals surface area (Å²) >= 11 is 6.10. The third-order valence-corrected chi connectivity index (χ3v) is 5.04. The van der Waals surface area contributed by atoms with E-state index in [-0.39, 0.29) is 11.9 Å². The van der Waals surface area contributed by atoms with Gasteiger partial charge in [-0.05, 0) is 38.5 Å². The van der Waals surface area contributed by atoms with Gasteiger partial charge in [0.05, 0.1) is 18.8 Å². The highest BCUT2D eigenvalue weighted by atomic mass is 35.5. The molecule has 1 saturated heterocycles. The Morgan fingerprint density at radius 2 is 2.12 bits per heavy atom. The normalized spacial score (nSPS) is 17.2. The third kappa shape index (κ3) is 2.84. The van der Waals surface area contributed by atoms with Crippen LogP contribution in [0.4, 0.5) is 0 Å². The molecule has 1 aliphatic heterocycles. The van der Waals surface area contributed by atoms with Crippen molar-refractivity contribution in [2.24, 2.45) is 0 Å². The molecule has 2 aromatic heterocycles. The average Bonchev–Trinajstić information content (AvgIpc) is 3.31. The first kappa shape index (κ1) is 17.0. The van der Waals surface area contributed by atoms with E-state index in [2.05, 4.69) is 11.2 Å². The second kappa shape index (κ2) is 6.36. The molecule has 1 amide bonds. The van der Waals surface area contributed by atoms with E-state index in [0.29, 0.717) is 35.2 Å². The third-order valence-electron chi connectivity index (χ3n) is 4.82. The van der Waals surface area contributed by atoms with Crippen LogP contribution in [-0.4, -0.2) is 40.8 Å². The van der Waals surface area contributed by atoms with Gasteiger partial charge >= 0.3 is 0 Å². The average molecular weight is 374 g/mol. The predicted molar refractivity (Wildman–Crippen MR) is 99.0 cm³/mol. The number of fused-ring (bicyclic) bond motifs is 1. The Kier molecular flexibility index (Phi) is 4.15. The van der Waals surface area contributed by atoms with Crippen LogP contribution in [0.25, 0.3) is 11.0 Å². The molecule has 0 saturated carbocycles. The number of aromatic nitrogens is 2. The number of carbonyl (C=O) groups excluding carboxylic acids is 1. The number of nitrogens with zero attached hydrogens (tertiary/aromatic N) is 3. The second-order valence-electron chi connectivity index (χ2n) is 6.70. The van der Waals surface area contributed by atoms with E-state index >= 15 is 0 Å². The zero-order valence-electron chi connectivity index (χ0n) is 15.0. The van der Waals surface area contributed by atoms with Crippen LogP contribution in [0.3, 0.4) is 0 Å². The van der Waals surface area contributed by atoms with Gasteiger partial charge in [-0.3, -0.25) is 9.48 Å². The summed E-state index contributed by atoms with van der Waals surface area (Å²) in [6, 6.07) is 7.42. The number of furan rings is 1. The Balaban J connectivity index is 1.58. The minimum atomic E-state index is -0.122. The lowest BCUT2D eigenvalue weighted by atomic mass is 10.2. The number of rotatable bonds is 3. The van der Waals surface area contributed by atoms with Gasteiger partial charge < -0.3 is 14.1 Å². The minimum Gasteiger partial charge on any atom is -0.493 e. The molecule has 3 aromatic rings. The Labute approximate surface area is 156 Å². The first-order chi connectivity index (χ1) is 12.5. The number of halogens is 1. The molecule has 0 aliphatic carbocycles. The van der Waals surface area contributed by atoms with E-state index in [1.165, 1.54) is 0 Å². The van der Waals surface area contributed by atoms with Crippen LogP contribution in [0, 0.1) is 13.8 Å². The van der Waals surface area contributed by atoms with Gasteiger partial charge in [0.25, 0.3) is 5.91 Å². The van der Waals surface area contributed by atoms with Crippen molar-refractivity contribution in [2.45, 2.75) is 26.3 Å². The predicted octanol–water partition coefficient (Wildman–Crippen LogP) is 4.00. The summed E-state index contributed by atoms with van der Waals surface area (Å²) in [4.78, 5) is 14.7. The van der Waals surface area contributed by atoms with Crippen molar-refractivity contribution in [1.29, 1.82) is 0 Å². The molecule has 0 bridgehead atoms. The second-order valence-corrected chi connectivity index (χ2v) is 7.14. The summed E-state index contributed by atoms with van der Waals surface area (Å²) in [5.74, 6) is 0.700. The van der Waals surface area contributed by atoms with Gasteiger partial charge in [0.15, 0.2) is 17.1 Å².